The summed E-state index contributed by atoms with van der Waals surface area (Å²) in [4.78, 5) is 0. The molecule has 1 aromatic carbocycles. The average Bonchev–Trinajstić information content (AvgIpc) is 2.26. The molecule has 1 aromatic rings. The van der Waals surface area contributed by atoms with Gasteiger partial charge in [-0.1, -0.05) is 58.4 Å². The molecule has 0 radical (unpaired) electrons. The summed E-state index contributed by atoms with van der Waals surface area (Å²) in [5.74, 6) is 0. The predicted molar refractivity (Wildman–Crippen MR) is 79.1 cm³/mol. The van der Waals surface area contributed by atoms with E-state index in [0.29, 0.717) is 5.41 Å². The first-order chi connectivity index (χ1) is 8.45. The van der Waals surface area contributed by atoms with Crippen molar-refractivity contribution in [3.05, 3.63) is 35.4 Å². The van der Waals surface area contributed by atoms with Gasteiger partial charge in [0.15, 0.2) is 0 Å². The number of benzene rings is 1. The van der Waals surface area contributed by atoms with Gasteiger partial charge in [-0.2, -0.15) is 0 Å². The Bertz CT molecular complexity index is 379. The van der Waals surface area contributed by atoms with Crippen LogP contribution in [0.2, 0.25) is 0 Å². The zero-order valence-corrected chi connectivity index (χ0v) is 12.3. The van der Waals surface area contributed by atoms with Crippen LogP contribution in [0.5, 0.6) is 0 Å². The summed E-state index contributed by atoms with van der Waals surface area (Å²) in [6, 6.07) is 9.27. The molecule has 1 aliphatic heterocycles. The summed E-state index contributed by atoms with van der Waals surface area (Å²) in [5.41, 5.74) is 3.73. The fourth-order valence-electron chi connectivity index (χ4n) is 2.95. The van der Waals surface area contributed by atoms with Crippen molar-refractivity contribution >= 4 is 0 Å². The molecule has 0 atom stereocenters. The first-order valence-corrected chi connectivity index (χ1v) is 7.25. The van der Waals surface area contributed by atoms with Gasteiger partial charge in [0.25, 0.3) is 0 Å². The van der Waals surface area contributed by atoms with E-state index in [-0.39, 0.29) is 5.41 Å². The van der Waals surface area contributed by atoms with Gasteiger partial charge >= 0.3 is 0 Å². The molecule has 0 unspecified atom stereocenters. The second kappa shape index (κ2) is 5.05. The van der Waals surface area contributed by atoms with Crippen molar-refractivity contribution < 1.29 is 0 Å². The first kappa shape index (κ1) is 13.6. The van der Waals surface area contributed by atoms with E-state index in [1.54, 1.807) is 0 Å². The summed E-state index contributed by atoms with van der Waals surface area (Å²) >= 11 is 0. The van der Waals surface area contributed by atoms with E-state index in [2.05, 4.69) is 57.3 Å². The van der Waals surface area contributed by atoms with Gasteiger partial charge in [-0.3, -0.25) is 0 Å². The van der Waals surface area contributed by atoms with Gasteiger partial charge < -0.3 is 5.32 Å². The van der Waals surface area contributed by atoms with Crippen LogP contribution in [-0.2, 0) is 11.8 Å². The van der Waals surface area contributed by atoms with E-state index in [9.17, 15) is 0 Å². The zero-order chi connectivity index (χ0) is 13.2. The maximum atomic E-state index is 3.44. The molecule has 1 heteroatoms. The molecule has 1 aliphatic rings. The normalized spacial score (nSPS) is 18.4. The summed E-state index contributed by atoms with van der Waals surface area (Å²) in [5, 5.41) is 3.44. The fraction of sp³-hybridized carbons (Fsp3) is 0.647. The van der Waals surface area contributed by atoms with Crippen molar-refractivity contribution in [1.82, 2.24) is 5.32 Å². The molecule has 0 saturated carbocycles. The van der Waals surface area contributed by atoms with Crippen LogP contribution >= 0.6 is 0 Å². The van der Waals surface area contributed by atoms with Gasteiger partial charge in [-0.15, -0.1) is 0 Å². The molecule has 1 nitrogen and oxygen atoms in total. The summed E-state index contributed by atoms with van der Waals surface area (Å²) < 4.78 is 0. The largest absolute Gasteiger partial charge is 0.316 e. The van der Waals surface area contributed by atoms with E-state index >= 15 is 0 Å². The molecule has 0 aliphatic carbocycles. The molecule has 1 saturated heterocycles. The Labute approximate surface area is 112 Å². The Kier molecular flexibility index (Phi) is 3.82. The van der Waals surface area contributed by atoms with Crippen LogP contribution in [0, 0.1) is 5.41 Å². The molecule has 0 bridgehead atoms. The minimum atomic E-state index is 0.262. The minimum absolute atomic E-state index is 0.262. The lowest BCUT2D eigenvalue weighted by molar-refractivity contribution is 0.151. The standard InChI is InChI=1S/C17H27N/c1-5-10-17(12-18-13-17)11-14-6-8-15(9-7-14)16(2,3)4/h6-9,18H,5,10-13H2,1-4H3. The van der Waals surface area contributed by atoms with Crippen molar-refractivity contribution in [2.24, 2.45) is 5.41 Å². The lowest BCUT2D eigenvalue weighted by Gasteiger charge is -2.43. The number of nitrogens with one attached hydrogen (secondary N) is 1. The quantitative estimate of drug-likeness (QED) is 0.848. The third-order valence-electron chi connectivity index (χ3n) is 4.18. The Morgan fingerprint density at radius 2 is 1.72 bits per heavy atom. The fourth-order valence-corrected chi connectivity index (χ4v) is 2.95. The monoisotopic (exact) mass is 245 g/mol. The minimum Gasteiger partial charge on any atom is -0.316 e. The van der Waals surface area contributed by atoms with Crippen LogP contribution in [0.4, 0.5) is 0 Å². The molecule has 1 N–H and O–H groups in total. The number of hydrogen-bond acceptors (Lipinski definition) is 1. The van der Waals surface area contributed by atoms with Crippen molar-refractivity contribution in [1.29, 1.82) is 0 Å². The summed E-state index contributed by atoms with van der Waals surface area (Å²) in [6.45, 7) is 11.5. The van der Waals surface area contributed by atoms with Gasteiger partial charge in [0.05, 0.1) is 0 Å². The van der Waals surface area contributed by atoms with Gasteiger partial charge in [-0.05, 0) is 34.8 Å². The number of rotatable bonds is 4. The van der Waals surface area contributed by atoms with Crippen molar-refractivity contribution in [3.63, 3.8) is 0 Å². The van der Waals surface area contributed by atoms with Gasteiger partial charge in [0.1, 0.15) is 0 Å². The Balaban J connectivity index is 2.06. The maximum Gasteiger partial charge on any atom is 0.00234 e. The average molecular weight is 245 g/mol. The molecule has 0 spiro atoms. The highest BCUT2D eigenvalue weighted by atomic mass is 15.0. The van der Waals surface area contributed by atoms with Gasteiger partial charge in [0.2, 0.25) is 0 Å². The maximum absolute atomic E-state index is 3.44. The Hall–Kier alpha value is -0.820. The van der Waals surface area contributed by atoms with Crippen molar-refractivity contribution in [3.8, 4) is 0 Å². The molecular weight excluding hydrogens is 218 g/mol. The van der Waals surface area contributed by atoms with Crippen LogP contribution in [0.25, 0.3) is 0 Å². The molecule has 18 heavy (non-hydrogen) atoms. The van der Waals surface area contributed by atoms with E-state index in [1.807, 2.05) is 0 Å². The Morgan fingerprint density at radius 1 is 1.11 bits per heavy atom. The van der Waals surface area contributed by atoms with Crippen LogP contribution in [0.1, 0.15) is 51.7 Å². The van der Waals surface area contributed by atoms with Crippen LogP contribution in [0.15, 0.2) is 24.3 Å². The van der Waals surface area contributed by atoms with E-state index in [1.165, 1.54) is 43.5 Å². The highest BCUT2D eigenvalue weighted by Crippen LogP contribution is 2.33. The summed E-state index contributed by atoms with van der Waals surface area (Å²) in [6.07, 6.45) is 3.88. The van der Waals surface area contributed by atoms with Gasteiger partial charge in [-0.25, -0.2) is 0 Å². The second-order valence-electron chi connectivity index (χ2n) is 6.98. The Morgan fingerprint density at radius 3 is 2.11 bits per heavy atom. The zero-order valence-electron chi connectivity index (χ0n) is 12.3. The highest BCUT2D eigenvalue weighted by molar-refractivity contribution is 5.28. The number of hydrogen-bond donors (Lipinski definition) is 1. The molecule has 1 heterocycles. The topological polar surface area (TPSA) is 12.0 Å². The van der Waals surface area contributed by atoms with Crippen LogP contribution < -0.4 is 5.32 Å². The highest BCUT2D eigenvalue weighted by Gasteiger charge is 2.35. The second-order valence-corrected chi connectivity index (χ2v) is 6.98. The van der Waals surface area contributed by atoms with Gasteiger partial charge in [0, 0.05) is 13.1 Å². The van der Waals surface area contributed by atoms with Crippen molar-refractivity contribution in [2.45, 2.75) is 52.4 Å². The van der Waals surface area contributed by atoms with Crippen LogP contribution in [-0.4, -0.2) is 13.1 Å². The molecule has 0 aromatic heterocycles. The first-order valence-electron chi connectivity index (χ1n) is 7.25. The SMILES string of the molecule is CCCC1(Cc2ccc(C(C)(C)C)cc2)CNC1. The molecule has 2 rings (SSSR count). The van der Waals surface area contributed by atoms with E-state index in [4.69, 9.17) is 0 Å². The lowest BCUT2D eigenvalue weighted by atomic mass is 9.73. The third-order valence-corrected chi connectivity index (χ3v) is 4.18. The van der Waals surface area contributed by atoms with E-state index < -0.39 is 0 Å². The molecular formula is C17H27N. The molecule has 0 amide bonds. The predicted octanol–water partition coefficient (Wildman–Crippen LogP) is 3.92. The smallest absolute Gasteiger partial charge is 0.00234 e. The third kappa shape index (κ3) is 2.95. The summed E-state index contributed by atoms with van der Waals surface area (Å²) in [7, 11) is 0. The van der Waals surface area contributed by atoms with Crippen LogP contribution in [0.3, 0.4) is 0 Å². The molecule has 1 fully saturated rings. The van der Waals surface area contributed by atoms with E-state index in [0.717, 1.165) is 0 Å². The molecule has 100 valence electrons. The lowest BCUT2D eigenvalue weighted by Crippen LogP contribution is -2.54. The van der Waals surface area contributed by atoms with Crippen molar-refractivity contribution in [2.75, 3.05) is 13.1 Å².